The first-order valence-corrected chi connectivity index (χ1v) is 4.85. The van der Waals surface area contributed by atoms with Gasteiger partial charge in [-0.1, -0.05) is 11.6 Å². The van der Waals surface area contributed by atoms with Crippen molar-refractivity contribution in [2.24, 2.45) is 0 Å². The van der Waals surface area contributed by atoms with Gasteiger partial charge in [0.1, 0.15) is 11.9 Å². The van der Waals surface area contributed by atoms with Crippen molar-refractivity contribution in [2.45, 2.75) is 6.92 Å². The number of nitro groups is 1. The summed E-state index contributed by atoms with van der Waals surface area (Å²) in [5.74, 6) is 0. The van der Waals surface area contributed by atoms with E-state index in [0.717, 1.165) is 16.5 Å². The zero-order valence-corrected chi connectivity index (χ0v) is 9.02. The number of anilines is 1. The minimum absolute atomic E-state index is 0.000556. The molecular formula is C11H11N3O2. The molecule has 1 aromatic heterocycles. The molecule has 82 valence electrons. The van der Waals surface area contributed by atoms with E-state index in [1.165, 1.54) is 6.20 Å². The Bertz CT molecular complexity index is 566. The van der Waals surface area contributed by atoms with Crippen LogP contribution in [-0.4, -0.2) is 17.0 Å². The second-order valence-corrected chi connectivity index (χ2v) is 3.55. The molecular weight excluding hydrogens is 206 g/mol. The normalized spacial score (nSPS) is 10.4. The number of hydrogen-bond acceptors (Lipinski definition) is 4. The van der Waals surface area contributed by atoms with Crippen LogP contribution in [0.1, 0.15) is 5.56 Å². The minimum Gasteiger partial charge on any atom is -0.382 e. The van der Waals surface area contributed by atoms with Crippen molar-refractivity contribution in [1.29, 1.82) is 0 Å². The predicted octanol–water partition coefficient (Wildman–Crippen LogP) is 2.49. The largest absolute Gasteiger partial charge is 0.382 e. The Morgan fingerprint density at radius 1 is 1.44 bits per heavy atom. The molecule has 2 aromatic rings. The number of hydrogen-bond donors (Lipinski definition) is 1. The summed E-state index contributed by atoms with van der Waals surface area (Å²) in [6.07, 6.45) is 1.28. The van der Waals surface area contributed by atoms with Gasteiger partial charge in [-0.05, 0) is 19.1 Å². The summed E-state index contributed by atoms with van der Waals surface area (Å²) in [4.78, 5) is 14.5. The summed E-state index contributed by atoms with van der Waals surface area (Å²) in [6, 6.07) is 5.68. The van der Waals surface area contributed by atoms with E-state index >= 15 is 0 Å². The molecule has 0 fully saturated rings. The highest BCUT2D eigenvalue weighted by Gasteiger charge is 2.16. The second kappa shape index (κ2) is 3.77. The molecule has 0 unspecified atom stereocenters. The van der Waals surface area contributed by atoms with Gasteiger partial charge >= 0.3 is 5.69 Å². The molecule has 0 aliphatic heterocycles. The predicted molar refractivity (Wildman–Crippen MR) is 62.7 cm³/mol. The molecule has 0 atom stereocenters. The average Bonchev–Trinajstić information content (AvgIpc) is 2.27. The Morgan fingerprint density at radius 2 is 2.19 bits per heavy atom. The molecule has 0 aliphatic carbocycles. The van der Waals surface area contributed by atoms with Gasteiger partial charge in [0.25, 0.3) is 0 Å². The molecule has 0 aliphatic rings. The molecule has 0 radical (unpaired) electrons. The molecule has 0 amide bonds. The summed E-state index contributed by atoms with van der Waals surface area (Å²) < 4.78 is 0. The molecule has 1 N–H and O–H groups in total. The molecule has 0 bridgehead atoms. The van der Waals surface area contributed by atoms with Crippen molar-refractivity contribution >= 4 is 22.3 Å². The molecule has 1 heterocycles. The zero-order valence-electron chi connectivity index (χ0n) is 9.02. The third-order valence-electron chi connectivity index (χ3n) is 2.45. The van der Waals surface area contributed by atoms with Crippen molar-refractivity contribution in [3.8, 4) is 0 Å². The van der Waals surface area contributed by atoms with Crippen LogP contribution in [0.2, 0.25) is 0 Å². The third-order valence-corrected chi connectivity index (χ3v) is 2.45. The summed E-state index contributed by atoms with van der Waals surface area (Å²) in [6.45, 7) is 1.94. The Hall–Kier alpha value is -2.17. The third kappa shape index (κ3) is 1.56. The maximum atomic E-state index is 10.8. The van der Waals surface area contributed by atoms with E-state index in [9.17, 15) is 10.1 Å². The number of benzene rings is 1. The van der Waals surface area contributed by atoms with Crippen LogP contribution < -0.4 is 5.32 Å². The summed E-state index contributed by atoms with van der Waals surface area (Å²) in [7, 11) is 1.67. The van der Waals surface area contributed by atoms with E-state index in [2.05, 4.69) is 10.3 Å². The van der Waals surface area contributed by atoms with Gasteiger partial charge in [-0.15, -0.1) is 0 Å². The molecule has 16 heavy (non-hydrogen) atoms. The van der Waals surface area contributed by atoms with E-state index in [1.807, 2.05) is 25.1 Å². The lowest BCUT2D eigenvalue weighted by Gasteiger charge is -2.06. The van der Waals surface area contributed by atoms with Crippen LogP contribution in [0.25, 0.3) is 10.9 Å². The number of fused-ring (bicyclic) bond motifs is 1. The lowest BCUT2D eigenvalue weighted by Crippen LogP contribution is -1.99. The Labute approximate surface area is 92.3 Å². The highest BCUT2D eigenvalue weighted by molar-refractivity contribution is 5.95. The van der Waals surface area contributed by atoms with Gasteiger partial charge in [0, 0.05) is 12.4 Å². The first-order chi connectivity index (χ1) is 7.63. The van der Waals surface area contributed by atoms with Crippen LogP contribution in [0, 0.1) is 17.0 Å². The Morgan fingerprint density at radius 3 is 2.81 bits per heavy atom. The smallest absolute Gasteiger partial charge is 0.311 e. The fraction of sp³-hybridized carbons (Fsp3) is 0.182. The van der Waals surface area contributed by atoms with E-state index in [1.54, 1.807) is 7.05 Å². The molecule has 2 rings (SSSR count). The number of pyridine rings is 1. The van der Waals surface area contributed by atoms with E-state index < -0.39 is 4.92 Å². The highest BCUT2D eigenvalue weighted by atomic mass is 16.6. The van der Waals surface area contributed by atoms with Crippen LogP contribution >= 0.6 is 0 Å². The minimum atomic E-state index is -0.430. The van der Waals surface area contributed by atoms with Crippen LogP contribution in [0.4, 0.5) is 11.4 Å². The number of nitrogens with one attached hydrogen (secondary N) is 1. The van der Waals surface area contributed by atoms with E-state index in [0.29, 0.717) is 5.69 Å². The second-order valence-electron chi connectivity index (χ2n) is 3.55. The van der Waals surface area contributed by atoms with Crippen molar-refractivity contribution < 1.29 is 4.92 Å². The Kier molecular flexibility index (Phi) is 2.44. The van der Waals surface area contributed by atoms with Gasteiger partial charge in [-0.3, -0.25) is 10.1 Å². The van der Waals surface area contributed by atoms with Crippen molar-refractivity contribution in [1.82, 2.24) is 4.98 Å². The SMILES string of the molecule is CNc1c([N+](=O)[O-])cnc2ccc(C)cc12. The topological polar surface area (TPSA) is 68.1 Å². The first-order valence-electron chi connectivity index (χ1n) is 4.85. The van der Waals surface area contributed by atoms with Crippen LogP contribution in [0.3, 0.4) is 0 Å². The van der Waals surface area contributed by atoms with Gasteiger partial charge in [0.05, 0.1) is 10.4 Å². The standard InChI is InChI=1S/C11H11N3O2/c1-7-3-4-9-8(5-7)11(12-2)10(6-13-9)14(15)16/h3-6H,1-2H3,(H,12,13). The van der Waals surface area contributed by atoms with Gasteiger partial charge in [0.15, 0.2) is 0 Å². The lowest BCUT2D eigenvalue weighted by molar-refractivity contribution is -0.384. The number of aromatic nitrogens is 1. The van der Waals surface area contributed by atoms with E-state index in [-0.39, 0.29) is 5.69 Å². The van der Waals surface area contributed by atoms with Crippen LogP contribution in [0.5, 0.6) is 0 Å². The van der Waals surface area contributed by atoms with Gasteiger partial charge in [-0.2, -0.15) is 0 Å². The van der Waals surface area contributed by atoms with Crippen molar-refractivity contribution in [3.05, 3.63) is 40.1 Å². The summed E-state index contributed by atoms with van der Waals surface area (Å²) in [5, 5.41) is 14.5. The van der Waals surface area contributed by atoms with Crippen LogP contribution in [-0.2, 0) is 0 Å². The molecule has 5 heteroatoms. The summed E-state index contributed by atoms with van der Waals surface area (Å²) >= 11 is 0. The fourth-order valence-corrected chi connectivity index (χ4v) is 1.70. The lowest BCUT2D eigenvalue weighted by atomic mass is 10.1. The first kappa shape index (κ1) is 10.4. The zero-order chi connectivity index (χ0) is 11.7. The number of rotatable bonds is 2. The average molecular weight is 217 g/mol. The maximum absolute atomic E-state index is 10.8. The summed E-state index contributed by atoms with van der Waals surface area (Å²) in [5.41, 5.74) is 2.31. The monoisotopic (exact) mass is 217 g/mol. The fourth-order valence-electron chi connectivity index (χ4n) is 1.70. The highest BCUT2D eigenvalue weighted by Crippen LogP contribution is 2.31. The van der Waals surface area contributed by atoms with Crippen molar-refractivity contribution in [3.63, 3.8) is 0 Å². The molecule has 5 nitrogen and oxygen atoms in total. The molecule has 0 saturated carbocycles. The maximum Gasteiger partial charge on any atom is 0.311 e. The van der Waals surface area contributed by atoms with Gasteiger partial charge in [-0.25, -0.2) is 4.98 Å². The number of aryl methyl sites for hydroxylation is 1. The van der Waals surface area contributed by atoms with Crippen molar-refractivity contribution in [2.75, 3.05) is 12.4 Å². The Balaban J connectivity index is 2.83. The molecule has 0 saturated heterocycles. The number of nitrogens with zero attached hydrogens (tertiary/aromatic N) is 2. The van der Waals surface area contributed by atoms with Crippen LogP contribution in [0.15, 0.2) is 24.4 Å². The molecule has 1 aromatic carbocycles. The van der Waals surface area contributed by atoms with Gasteiger partial charge in [0.2, 0.25) is 0 Å². The molecule has 0 spiro atoms. The van der Waals surface area contributed by atoms with Gasteiger partial charge < -0.3 is 5.32 Å². The quantitative estimate of drug-likeness (QED) is 0.619. The van der Waals surface area contributed by atoms with E-state index in [4.69, 9.17) is 0 Å².